The maximum atomic E-state index is 13.2. The third kappa shape index (κ3) is 3.53. The first-order valence-corrected chi connectivity index (χ1v) is 4.46. The smallest absolute Gasteiger partial charge is 0.367 e. The molecule has 0 saturated carbocycles. The van der Waals surface area contributed by atoms with Crippen molar-refractivity contribution in [3.63, 3.8) is 0 Å². The van der Waals surface area contributed by atoms with Crippen molar-refractivity contribution in [2.24, 2.45) is 5.73 Å². The van der Waals surface area contributed by atoms with Crippen LogP contribution in [-0.2, 0) is 4.79 Å². The largest absolute Gasteiger partial charge is 0.432 e. The Balaban J connectivity index is 4.62. The molecule has 0 rings (SSSR count). The van der Waals surface area contributed by atoms with E-state index in [0.29, 0.717) is 6.42 Å². The van der Waals surface area contributed by atoms with Gasteiger partial charge in [0.2, 0.25) is 0 Å². The van der Waals surface area contributed by atoms with Gasteiger partial charge in [0.15, 0.2) is 0 Å². The number of primary amides is 1. The molecule has 15 heavy (non-hydrogen) atoms. The quantitative estimate of drug-likeness (QED) is 0.569. The maximum absolute atomic E-state index is 13.2. The molecule has 6 heteroatoms. The average Bonchev–Trinajstić information content (AvgIpc) is 2.09. The second-order valence-corrected chi connectivity index (χ2v) is 3.13. The summed E-state index contributed by atoms with van der Waals surface area (Å²) in [6.07, 6.45) is -2.68. The third-order valence-electron chi connectivity index (χ3n) is 1.86. The summed E-state index contributed by atoms with van der Waals surface area (Å²) in [7, 11) is 0. The summed E-state index contributed by atoms with van der Waals surface area (Å²) < 4.78 is 49.7. The van der Waals surface area contributed by atoms with Crippen molar-refractivity contribution in [2.75, 3.05) is 0 Å². The zero-order valence-electron chi connectivity index (χ0n) is 8.27. The second kappa shape index (κ2) is 5.14. The molecule has 0 saturated heterocycles. The van der Waals surface area contributed by atoms with Gasteiger partial charge in [0.25, 0.3) is 11.6 Å². The molecule has 0 bridgehead atoms. The lowest BCUT2D eigenvalue weighted by Gasteiger charge is -2.22. The van der Waals surface area contributed by atoms with Crippen LogP contribution in [0, 0.1) is 0 Å². The van der Waals surface area contributed by atoms with Gasteiger partial charge in [-0.25, -0.2) is 4.39 Å². The Labute approximate surface area is 85.1 Å². The Kier molecular flexibility index (Phi) is 4.77. The zero-order valence-corrected chi connectivity index (χ0v) is 8.27. The topological polar surface area (TPSA) is 43.1 Å². The van der Waals surface area contributed by atoms with Crippen LogP contribution in [0.1, 0.15) is 26.2 Å². The standard InChI is InChI=1S/C9H13F4NO/c1-2-3-4-5-6-8(10,7(14)15)9(11,12)13/h4-5H,2-3,6H2,1H3,(H2,14,15)/b5-4+. The first-order valence-electron chi connectivity index (χ1n) is 4.46. The van der Waals surface area contributed by atoms with Crippen molar-refractivity contribution >= 4 is 5.91 Å². The summed E-state index contributed by atoms with van der Waals surface area (Å²) in [6.45, 7) is 1.82. The Bertz CT molecular complexity index is 249. The predicted octanol–water partition coefficient (Wildman–Crippen LogP) is 2.49. The van der Waals surface area contributed by atoms with Crippen LogP contribution in [-0.4, -0.2) is 17.8 Å². The molecule has 88 valence electrons. The lowest BCUT2D eigenvalue weighted by atomic mass is 10.00. The van der Waals surface area contributed by atoms with Crippen LogP contribution >= 0.6 is 0 Å². The van der Waals surface area contributed by atoms with Gasteiger partial charge in [0.1, 0.15) is 0 Å². The minimum atomic E-state index is -5.27. The van der Waals surface area contributed by atoms with Gasteiger partial charge < -0.3 is 5.73 Å². The molecule has 2 nitrogen and oxygen atoms in total. The molecule has 0 aliphatic heterocycles. The van der Waals surface area contributed by atoms with E-state index in [9.17, 15) is 22.4 Å². The van der Waals surface area contributed by atoms with E-state index in [-0.39, 0.29) is 0 Å². The number of carbonyl (C=O) groups is 1. The van der Waals surface area contributed by atoms with Crippen LogP contribution in [0.4, 0.5) is 17.6 Å². The summed E-state index contributed by atoms with van der Waals surface area (Å²) in [6, 6.07) is 0. The fourth-order valence-electron chi connectivity index (χ4n) is 0.886. The first-order chi connectivity index (χ1) is 6.75. The SMILES string of the molecule is CCC/C=C/CC(F)(C(N)=O)C(F)(F)F. The zero-order chi connectivity index (χ0) is 12.1. The number of rotatable bonds is 5. The number of amides is 1. The molecule has 0 heterocycles. The molecule has 0 aliphatic carbocycles. The molecule has 0 aromatic rings. The van der Waals surface area contributed by atoms with Gasteiger partial charge in [-0.05, 0) is 6.42 Å². The molecular formula is C9H13F4NO. The molecule has 1 atom stereocenters. The lowest BCUT2D eigenvalue weighted by molar-refractivity contribution is -0.224. The molecule has 1 amide bonds. The fraction of sp³-hybridized carbons (Fsp3) is 0.667. The van der Waals surface area contributed by atoms with Gasteiger partial charge in [-0.1, -0.05) is 25.5 Å². The Morgan fingerprint density at radius 1 is 1.27 bits per heavy atom. The molecule has 0 fully saturated rings. The number of hydrogen-bond donors (Lipinski definition) is 1. The van der Waals surface area contributed by atoms with E-state index in [4.69, 9.17) is 0 Å². The molecule has 0 aliphatic rings. The first kappa shape index (κ1) is 13.9. The van der Waals surface area contributed by atoms with E-state index in [1.165, 1.54) is 6.08 Å². The minimum absolute atomic E-state index is 0.534. The van der Waals surface area contributed by atoms with E-state index < -0.39 is 24.2 Å². The number of unbranched alkanes of at least 4 members (excludes halogenated alkanes) is 1. The van der Waals surface area contributed by atoms with E-state index in [1.54, 1.807) is 0 Å². The second-order valence-electron chi connectivity index (χ2n) is 3.13. The van der Waals surface area contributed by atoms with Gasteiger partial charge in [-0.15, -0.1) is 0 Å². The Hall–Kier alpha value is -1.07. The average molecular weight is 227 g/mol. The highest BCUT2D eigenvalue weighted by Gasteiger charge is 2.59. The van der Waals surface area contributed by atoms with Crippen molar-refractivity contribution < 1.29 is 22.4 Å². The third-order valence-corrected chi connectivity index (χ3v) is 1.86. The molecule has 0 aromatic heterocycles. The highest BCUT2D eigenvalue weighted by Crippen LogP contribution is 2.36. The van der Waals surface area contributed by atoms with E-state index in [2.05, 4.69) is 5.73 Å². The Morgan fingerprint density at radius 3 is 2.13 bits per heavy atom. The molecule has 0 radical (unpaired) electrons. The number of nitrogens with two attached hydrogens (primary N) is 1. The number of carbonyl (C=O) groups excluding carboxylic acids is 1. The number of hydrogen-bond acceptors (Lipinski definition) is 1. The summed E-state index contributed by atoms with van der Waals surface area (Å²) in [5.74, 6) is -2.00. The van der Waals surface area contributed by atoms with Gasteiger partial charge in [-0.3, -0.25) is 4.79 Å². The van der Waals surface area contributed by atoms with E-state index in [1.807, 2.05) is 6.92 Å². The monoisotopic (exact) mass is 227 g/mol. The molecule has 1 unspecified atom stereocenters. The van der Waals surface area contributed by atoms with Gasteiger partial charge >= 0.3 is 6.18 Å². The van der Waals surface area contributed by atoms with Gasteiger partial charge in [0.05, 0.1) is 0 Å². The number of alkyl halides is 4. The number of halogens is 4. The summed E-state index contributed by atoms with van der Waals surface area (Å²) in [4.78, 5) is 10.4. The van der Waals surface area contributed by atoms with Crippen molar-refractivity contribution in [1.82, 2.24) is 0 Å². The van der Waals surface area contributed by atoms with E-state index in [0.717, 1.165) is 12.5 Å². The fourth-order valence-corrected chi connectivity index (χ4v) is 0.886. The molecule has 2 N–H and O–H groups in total. The van der Waals surface area contributed by atoms with Crippen LogP contribution in [0.2, 0.25) is 0 Å². The Morgan fingerprint density at radius 2 is 1.80 bits per heavy atom. The molecule has 0 spiro atoms. The summed E-state index contributed by atoms with van der Waals surface area (Å²) in [5.41, 5.74) is 0.443. The summed E-state index contributed by atoms with van der Waals surface area (Å²) in [5, 5.41) is 0. The van der Waals surface area contributed by atoms with Crippen LogP contribution < -0.4 is 5.73 Å². The molecular weight excluding hydrogens is 214 g/mol. The van der Waals surface area contributed by atoms with E-state index >= 15 is 0 Å². The van der Waals surface area contributed by atoms with Gasteiger partial charge in [0, 0.05) is 6.42 Å². The van der Waals surface area contributed by atoms with Crippen LogP contribution in [0.5, 0.6) is 0 Å². The van der Waals surface area contributed by atoms with Crippen LogP contribution in [0.15, 0.2) is 12.2 Å². The summed E-state index contributed by atoms with van der Waals surface area (Å²) >= 11 is 0. The van der Waals surface area contributed by atoms with Gasteiger partial charge in [-0.2, -0.15) is 13.2 Å². The van der Waals surface area contributed by atoms with Crippen LogP contribution in [0.3, 0.4) is 0 Å². The van der Waals surface area contributed by atoms with Crippen molar-refractivity contribution in [3.05, 3.63) is 12.2 Å². The van der Waals surface area contributed by atoms with Crippen molar-refractivity contribution in [1.29, 1.82) is 0 Å². The normalized spacial score (nSPS) is 16.6. The highest BCUT2D eigenvalue weighted by atomic mass is 19.4. The maximum Gasteiger partial charge on any atom is 0.432 e. The number of allylic oxidation sites excluding steroid dienone is 2. The van der Waals surface area contributed by atoms with Crippen LogP contribution in [0.25, 0.3) is 0 Å². The predicted molar refractivity (Wildman–Crippen MR) is 47.8 cm³/mol. The van der Waals surface area contributed by atoms with Crippen molar-refractivity contribution in [3.8, 4) is 0 Å². The van der Waals surface area contributed by atoms with Crippen molar-refractivity contribution in [2.45, 2.75) is 38.0 Å². The lowest BCUT2D eigenvalue weighted by Crippen LogP contribution is -2.51. The highest BCUT2D eigenvalue weighted by molar-refractivity contribution is 5.84. The molecule has 0 aromatic carbocycles. The minimum Gasteiger partial charge on any atom is -0.367 e.